The number of aliphatic hydroxyl groups excluding tert-OH is 2. The van der Waals surface area contributed by atoms with Crippen LogP contribution in [0.2, 0.25) is 0 Å². The lowest BCUT2D eigenvalue weighted by Gasteiger charge is -1.98. The smallest absolute Gasteiger partial charge is 0.0443 e. The summed E-state index contributed by atoms with van der Waals surface area (Å²) in [4.78, 5) is 0. The van der Waals surface area contributed by atoms with Crippen molar-refractivity contribution in [2.45, 2.75) is 51.4 Å². The third-order valence-electron chi connectivity index (χ3n) is 4.25. The van der Waals surface area contributed by atoms with Gasteiger partial charge in [-0.3, -0.25) is 0 Å². The molecule has 0 amide bonds. The third kappa shape index (κ3) is 26.2. The van der Waals surface area contributed by atoms with E-state index in [0.29, 0.717) is 13.1 Å². The Morgan fingerprint density at radius 1 is 0.438 bits per heavy atom. The SMILES string of the molecule is NCCCCO.NCCCCc1ccccc1.NCCCO.NCCCc1ccccc1. The first-order valence-electron chi connectivity index (χ1n) is 11.8. The number of hydrogen-bond donors (Lipinski definition) is 6. The molecule has 0 atom stereocenters. The topological polar surface area (TPSA) is 145 Å². The molecule has 10 N–H and O–H groups in total. The molecule has 0 fully saturated rings. The maximum Gasteiger partial charge on any atom is 0.0443 e. The van der Waals surface area contributed by atoms with Crippen LogP contribution in [0.4, 0.5) is 0 Å². The zero-order valence-corrected chi connectivity index (χ0v) is 19.9. The average molecular weight is 449 g/mol. The molecule has 2 aromatic carbocycles. The number of rotatable bonds is 12. The molecule has 6 nitrogen and oxygen atoms in total. The van der Waals surface area contributed by atoms with E-state index in [-0.39, 0.29) is 13.2 Å². The monoisotopic (exact) mass is 448 g/mol. The van der Waals surface area contributed by atoms with Crippen LogP contribution >= 0.6 is 0 Å². The van der Waals surface area contributed by atoms with Crippen LogP contribution in [0.3, 0.4) is 0 Å². The van der Waals surface area contributed by atoms with Crippen LogP contribution < -0.4 is 22.9 Å². The molecule has 2 rings (SSSR count). The minimum absolute atomic E-state index is 0.219. The predicted molar refractivity (Wildman–Crippen MR) is 138 cm³/mol. The molecular formula is C26H48N4O2. The molecule has 0 aliphatic rings. The van der Waals surface area contributed by atoms with Crippen LogP contribution in [-0.2, 0) is 12.8 Å². The molecule has 184 valence electrons. The Labute approximate surface area is 196 Å². The Bertz CT molecular complexity index is 550. The van der Waals surface area contributed by atoms with Crippen molar-refractivity contribution >= 4 is 0 Å². The van der Waals surface area contributed by atoms with E-state index in [0.717, 1.165) is 58.0 Å². The second-order valence-corrected chi connectivity index (χ2v) is 7.19. The molecule has 2 aromatic rings. The fraction of sp³-hybridized carbons (Fsp3) is 0.538. The lowest BCUT2D eigenvalue weighted by molar-refractivity contribution is 0.285. The van der Waals surface area contributed by atoms with Gasteiger partial charge >= 0.3 is 0 Å². The molecule has 0 heterocycles. The first-order valence-corrected chi connectivity index (χ1v) is 11.8. The zero-order valence-electron chi connectivity index (χ0n) is 19.9. The first kappa shape index (κ1) is 32.4. The highest BCUT2D eigenvalue weighted by Gasteiger charge is 1.89. The van der Waals surface area contributed by atoms with Gasteiger partial charge in [0.1, 0.15) is 0 Å². The molecule has 6 heteroatoms. The van der Waals surface area contributed by atoms with Crippen LogP contribution in [-0.4, -0.2) is 49.6 Å². The van der Waals surface area contributed by atoms with E-state index < -0.39 is 0 Å². The Morgan fingerprint density at radius 3 is 1.12 bits per heavy atom. The van der Waals surface area contributed by atoms with Gasteiger partial charge in [-0.2, -0.15) is 0 Å². The number of aryl methyl sites for hydroxylation is 2. The normalized spacial score (nSPS) is 9.44. The average Bonchev–Trinajstić information content (AvgIpc) is 2.85. The number of unbranched alkanes of at least 4 members (excludes halogenated alkanes) is 2. The number of hydrogen-bond acceptors (Lipinski definition) is 6. The van der Waals surface area contributed by atoms with Gasteiger partial charge in [-0.15, -0.1) is 0 Å². The van der Waals surface area contributed by atoms with Crippen molar-refractivity contribution in [3.63, 3.8) is 0 Å². The summed E-state index contributed by atoms with van der Waals surface area (Å²) in [6.07, 6.45) is 8.21. The number of nitrogens with two attached hydrogens (primary N) is 4. The highest BCUT2D eigenvalue weighted by Crippen LogP contribution is 2.03. The van der Waals surface area contributed by atoms with Crippen LogP contribution in [0.5, 0.6) is 0 Å². The lowest BCUT2D eigenvalue weighted by atomic mass is 10.1. The van der Waals surface area contributed by atoms with Gasteiger partial charge in [0, 0.05) is 13.2 Å². The summed E-state index contributed by atoms with van der Waals surface area (Å²) in [6, 6.07) is 21.0. The van der Waals surface area contributed by atoms with Crippen molar-refractivity contribution in [1.29, 1.82) is 0 Å². The Hall–Kier alpha value is -1.80. The summed E-state index contributed by atoms with van der Waals surface area (Å²) in [5.74, 6) is 0. The summed E-state index contributed by atoms with van der Waals surface area (Å²) in [5.41, 5.74) is 23.7. The second-order valence-electron chi connectivity index (χ2n) is 7.19. The summed E-state index contributed by atoms with van der Waals surface area (Å²) in [6.45, 7) is 3.38. The van der Waals surface area contributed by atoms with E-state index in [1.54, 1.807) is 0 Å². The van der Waals surface area contributed by atoms with Crippen molar-refractivity contribution in [3.8, 4) is 0 Å². The maximum absolute atomic E-state index is 8.14. The first-order chi connectivity index (χ1) is 15.7. The van der Waals surface area contributed by atoms with Crippen molar-refractivity contribution < 1.29 is 10.2 Å². The maximum atomic E-state index is 8.14. The third-order valence-corrected chi connectivity index (χ3v) is 4.25. The van der Waals surface area contributed by atoms with Gasteiger partial charge in [0.2, 0.25) is 0 Å². The van der Waals surface area contributed by atoms with Crippen LogP contribution in [0, 0.1) is 0 Å². The largest absolute Gasteiger partial charge is 0.396 e. The van der Waals surface area contributed by atoms with Gasteiger partial charge in [0.15, 0.2) is 0 Å². The Kier molecular flexibility index (Phi) is 29.5. The molecule has 0 aliphatic heterocycles. The molecule has 0 aromatic heterocycles. The van der Waals surface area contributed by atoms with Crippen LogP contribution in [0.15, 0.2) is 60.7 Å². The van der Waals surface area contributed by atoms with Gasteiger partial charge in [-0.25, -0.2) is 0 Å². The summed E-state index contributed by atoms with van der Waals surface area (Å²) >= 11 is 0. The number of benzene rings is 2. The van der Waals surface area contributed by atoms with Crippen LogP contribution in [0.1, 0.15) is 49.7 Å². The van der Waals surface area contributed by atoms with Gasteiger partial charge in [-0.05, 0) is 88.7 Å². The highest BCUT2D eigenvalue weighted by molar-refractivity contribution is 5.15. The minimum Gasteiger partial charge on any atom is -0.396 e. The summed E-state index contributed by atoms with van der Waals surface area (Å²) < 4.78 is 0. The van der Waals surface area contributed by atoms with Gasteiger partial charge in [0.25, 0.3) is 0 Å². The fourth-order valence-corrected chi connectivity index (χ4v) is 2.42. The standard InChI is InChI=1S/C10H15N.C9H13N.C4H11NO.C3H9NO/c11-9-5-4-8-10-6-2-1-3-7-10;10-8-4-7-9-5-2-1-3-6-9;5-3-1-2-4-6;4-2-1-3-5/h1-3,6-7H,4-5,8-9,11H2;1-3,5-6H,4,7-8,10H2;6H,1-5H2;5H,1-4H2. The fourth-order valence-electron chi connectivity index (χ4n) is 2.42. The van der Waals surface area contributed by atoms with Gasteiger partial charge < -0.3 is 33.1 Å². The molecule has 0 radical (unpaired) electrons. The summed E-state index contributed by atoms with van der Waals surface area (Å²) in [7, 11) is 0. The molecule has 0 saturated heterocycles. The van der Waals surface area contributed by atoms with E-state index in [9.17, 15) is 0 Å². The molecule has 0 unspecified atom stereocenters. The van der Waals surface area contributed by atoms with Crippen molar-refractivity contribution in [1.82, 2.24) is 0 Å². The van der Waals surface area contributed by atoms with E-state index in [1.807, 2.05) is 12.1 Å². The van der Waals surface area contributed by atoms with Crippen molar-refractivity contribution in [2.75, 3.05) is 39.4 Å². The molecular weight excluding hydrogens is 400 g/mol. The lowest BCUT2D eigenvalue weighted by Crippen LogP contribution is -1.99. The van der Waals surface area contributed by atoms with E-state index in [1.165, 1.54) is 17.5 Å². The highest BCUT2D eigenvalue weighted by atomic mass is 16.3. The molecule has 0 saturated carbocycles. The molecule has 0 aliphatic carbocycles. The minimum atomic E-state index is 0.219. The van der Waals surface area contributed by atoms with Crippen LogP contribution in [0.25, 0.3) is 0 Å². The molecule has 0 bridgehead atoms. The van der Waals surface area contributed by atoms with Crippen molar-refractivity contribution in [2.24, 2.45) is 22.9 Å². The van der Waals surface area contributed by atoms with E-state index in [4.69, 9.17) is 33.1 Å². The zero-order chi connectivity index (χ0) is 24.1. The van der Waals surface area contributed by atoms with Gasteiger partial charge in [-0.1, -0.05) is 60.7 Å². The van der Waals surface area contributed by atoms with Crippen molar-refractivity contribution in [3.05, 3.63) is 71.8 Å². The van der Waals surface area contributed by atoms with E-state index >= 15 is 0 Å². The Morgan fingerprint density at radius 2 is 0.812 bits per heavy atom. The predicted octanol–water partition coefficient (Wildman–Crippen LogP) is 2.59. The quantitative estimate of drug-likeness (QED) is 0.275. The Balaban J connectivity index is 0. The van der Waals surface area contributed by atoms with Gasteiger partial charge in [0.05, 0.1) is 0 Å². The second kappa shape index (κ2) is 29.2. The molecule has 32 heavy (non-hydrogen) atoms. The number of aliphatic hydroxyl groups is 2. The molecule has 0 spiro atoms. The summed E-state index contributed by atoms with van der Waals surface area (Å²) in [5, 5.41) is 16.1. The van der Waals surface area contributed by atoms with E-state index in [2.05, 4.69) is 48.5 Å².